The Morgan fingerprint density at radius 3 is 2.41 bits per heavy atom. The minimum absolute atomic E-state index is 0.0457. The third-order valence-electron chi connectivity index (χ3n) is 3.56. The summed E-state index contributed by atoms with van der Waals surface area (Å²) in [7, 11) is 0. The van der Waals surface area contributed by atoms with Crippen LogP contribution in [-0.2, 0) is 6.42 Å². The minimum Gasteiger partial charge on any atom is -0.395 e. The Bertz CT molecular complexity index is 599. The molecule has 0 aromatic heterocycles. The van der Waals surface area contributed by atoms with Crippen molar-refractivity contribution in [2.24, 2.45) is 0 Å². The summed E-state index contributed by atoms with van der Waals surface area (Å²) >= 11 is 0. The molecule has 22 heavy (non-hydrogen) atoms. The lowest BCUT2D eigenvalue weighted by Gasteiger charge is -2.22. The summed E-state index contributed by atoms with van der Waals surface area (Å²) in [5.41, 5.74) is 2.99. The van der Waals surface area contributed by atoms with E-state index in [4.69, 9.17) is 0 Å². The highest BCUT2D eigenvalue weighted by molar-refractivity contribution is 5.90. The molecule has 2 N–H and O–H groups in total. The average Bonchev–Trinajstić information content (AvgIpc) is 2.54. The van der Waals surface area contributed by atoms with Crippen LogP contribution in [0.4, 0.5) is 10.5 Å². The van der Waals surface area contributed by atoms with Gasteiger partial charge < -0.3 is 15.3 Å². The van der Waals surface area contributed by atoms with Crippen molar-refractivity contribution in [3.8, 4) is 0 Å². The van der Waals surface area contributed by atoms with E-state index < -0.39 is 0 Å². The maximum absolute atomic E-state index is 12.4. The predicted octanol–water partition coefficient (Wildman–Crippen LogP) is 3.06. The highest BCUT2D eigenvalue weighted by Crippen LogP contribution is 2.14. The number of hydrogen-bond acceptors (Lipinski definition) is 2. The Labute approximate surface area is 131 Å². The van der Waals surface area contributed by atoms with Crippen LogP contribution >= 0.6 is 0 Å². The molecule has 2 aromatic carbocycles. The number of nitrogens with zero attached hydrogens (tertiary/aromatic N) is 1. The van der Waals surface area contributed by atoms with Crippen LogP contribution in [0.2, 0.25) is 0 Å². The number of nitrogens with one attached hydrogen (secondary N) is 1. The number of anilines is 1. The Morgan fingerprint density at radius 2 is 1.73 bits per heavy atom. The van der Waals surface area contributed by atoms with Gasteiger partial charge in [-0.15, -0.1) is 0 Å². The summed E-state index contributed by atoms with van der Waals surface area (Å²) in [4.78, 5) is 14.0. The van der Waals surface area contributed by atoms with Gasteiger partial charge in [-0.3, -0.25) is 0 Å². The molecular weight excluding hydrogens is 276 g/mol. The maximum Gasteiger partial charge on any atom is 0.321 e. The van der Waals surface area contributed by atoms with Crippen molar-refractivity contribution < 1.29 is 9.90 Å². The van der Waals surface area contributed by atoms with Gasteiger partial charge in [-0.05, 0) is 30.5 Å². The first-order valence-corrected chi connectivity index (χ1v) is 7.47. The van der Waals surface area contributed by atoms with Gasteiger partial charge in [0.05, 0.1) is 6.61 Å². The van der Waals surface area contributed by atoms with E-state index in [0.717, 1.165) is 17.7 Å². The van der Waals surface area contributed by atoms with Gasteiger partial charge in [-0.25, -0.2) is 4.79 Å². The molecule has 4 nitrogen and oxygen atoms in total. The quantitative estimate of drug-likeness (QED) is 0.861. The van der Waals surface area contributed by atoms with Gasteiger partial charge in [-0.2, -0.15) is 0 Å². The summed E-state index contributed by atoms with van der Waals surface area (Å²) in [5, 5.41) is 12.1. The van der Waals surface area contributed by atoms with Crippen LogP contribution in [0.3, 0.4) is 0 Å². The number of aliphatic hydroxyl groups excluding tert-OH is 1. The smallest absolute Gasteiger partial charge is 0.321 e. The summed E-state index contributed by atoms with van der Waals surface area (Å²) in [6, 6.07) is 17.5. The maximum atomic E-state index is 12.4. The summed E-state index contributed by atoms with van der Waals surface area (Å²) < 4.78 is 0. The van der Waals surface area contributed by atoms with E-state index >= 15 is 0 Å². The van der Waals surface area contributed by atoms with Crippen molar-refractivity contribution in [2.45, 2.75) is 13.3 Å². The van der Waals surface area contributed by atoms with Gasteiger partial charge in [0.15, 0.2) is 0 Å². The van der Waals surface area contributed by atoms with Crippen molar-refractivity contribution >= 4 is 11.7 Å². The van der Waals surface area contributed by atoms with Gasteiger partial charge in [0.2, 0.25) is 0 Å². The van der Waals surface area contributed by atoms with Crippen molar-refractivity contribution in [1.82, 2.24) is 4.90 Å². The Kier molecular flexibility index (Phi) is 5.98. The monoisotopic (exact) mass is 298 g/mol. The summed E-state index contributed by atoms with van der Waals surface area (Å²) in [5.74, 6) is 0. The normalized spacial score (nSPS) is 10.3. The molecule has 4 heteroatoms. The van der Waals surface area contributed by atoms with Gasteiger partial charge in [0.25, 0.3) is 0 Å². The molecule has 2 aromatic rings. The molecule has 116 valence electrons. The number of carbonyl (C=O) groups excluding carboxylic acids is 1. The Hall–Kier alpha value is -2.33. The molecule has 2 amide bonds. The van der Waals surface area contributed by atoms with Crippen LogP contribution < -0.4 is 5.32 Å². The second kappa shape index (κ2) is 8.20. The first-order chi connectivity index (χ1) is 10.7. The summed E-state index contributed by atoms with van der Waals surface area (Å²) in [6.45, 7) is 2.80. The number of hydrogen-bond donors (Lipinski definition) is 2. The standard InChI is InChI=1S/C18H22N2O2/c1-15-7-5-6-10-17(15)19-18(22)20(13-14-21)12-11-16-8-3-2-4-9-16/h2-10,21H,11-14H2,1H3,(H,19,22). The fraction of sp³-hybridized carbons (Fsp3) is 0.278. The fourth-order valence-corrected chi connectivity index (χ4v) is 2.25. The molecule has 0 radical (unpaired) electrons. The van der Waals surface area contributed by atoms with E-state index in [2.05, 4.69) is 5.32 Å². The van der Waals surface area contributed by atoms with E-state index in [1.807, 2.05) is 61.5 Å². The molecule has 0 saturated heterocycles. The molecule has 0 fully saturated rings. The van der Waals surface area contributed by atoms with Crippen molar-refractivity contribution in [1.29, 1.82) is 0 Å². The second-order valence-electron chi connectivity index (χ2n) is 5.19. The number of urea groups is 1. The lowest BCUT2D eigenvalue weighted by molar-refractivity contribution is 0.189. The topological polar surface area (TPSA) is 52.6 Å². The van der Waals surface area contributed by atoms with E-state index in [9.17, 15) is 9.90 Å². The zero-order chi connectivity index (χ0) is 15.8. The molecule has 0 aliphatic carbocycles. The molecule has 2 rings (SSSR count). The molecule has 0 aliphatic heterocycles. The number of benzene rings is 2. The average molecular weight is 298 g/mol. The van der Waals surface area contributed by atoms with Gasteiger partial charge in [0, 0.05) is 18.8 Å². The van der Waals surface area contributed by atoms with Crippen LogP contribution in [0.25, 0.3) is 0 Å². The highest BCUT2D eigenvalue weighted by atomic mass is 16.3. The Morgan fingerprint density at radius 1 is 1.05 bits per heavy atom. The van der Waals surface area contributed by atoms with Crippen LogP contribution in [0, 0.1) is 6.92 Å². The molecular formula is C18H22N2O2. The number of rotatable bonds is 6. The van der Waals surface area contributed by atoms with Crippen LogP contribution in [0.15, 0.2) is 54.6 Å². The Balaban J connectivity index is 1.97. The highest BCUT2D eigenvalue weighted by Gasteiger charge is 2.13. The predicted molar refractivity (Wildman–Crippen MR) is 89.0 cm³/mol. The van der Waals surface area contributed by atoms with Gasteiger partial charge >= 0.3 is 6.03 Å². The number of amides is 2. The van der Waals surface area contributed by atoms with E-state index in [0.29, 0.717) is 13.1 Å². The third kappa shape index (κ3) is 4.60. The first kappa shape index (κ1) is 16.0. The second-order valence-corrected chi connectivity index (χ2v) is 5.19. The lowest BCUT2D eigenvalue weighted by Crippen LogP contribution is -2.38. The number of para-hydroxylation sites is 1. The zero-order valence-electron chi connectivity index (χ0n) is 12.8. The molecule has 0 unspecified atom stereocenters. The van der Waals surface area contributed by atoms with Crippen LogP contribution in [-0.4, -0.2) is 35.7 Å². The van der Waals surface area contributed by atoms with E-state index in [1.165, 1.54) is 5.56 Å². The van der Waals surface area contributed by atoms with Crippen molar-refractivity contribution in [3.05, 3.63) is 65.7 Å². The molecule has 0 heterocycles. The molecule has 0 bridgehead atoms. The molecule has 0 spiro atoms. The van der Waals surface area contributed by atoms with Crippen LogP contribution in [0.1, 0.15) is 11.1 Å². The zero-order valence-corrected chi connectivity index (χ0v) is 12.8. The largest absolute Gasteiger partial charge is 0.395 e. The first-order valence-electron chi connectivity index (χ1n) is 7.47. The minimum atomic E-state index is -0.181. The molecule has 0 aliphatic rings. The lowest BCUT2D eigenvalue weighted by atomic mass is 10.1. The number of aryl methyl sites for hydroxylation is 1. The SMILES string of the molecule is Cc1ccccc1NC(=O)N(CCO)CCc1ccccc1. The number of carbonyl (C=O) groups is 1. The number of aliphatic hydroxyl groups is 1. The van der Waals surface area contributed by atoms with Gasteiger partial charge in [-0.1, -0.05) is 48.5 Å². The van der Waals surface area contributed by atoms with Crippen LogP contribution in [0.5, 0.6) is 0 Å². The fourth-order valence-electron chi connectivity index (χ4n) is 2.25. The molecule has 0 saturated carbocycles. The third-order valence-corrected chi connectivity index (χ3v) is 3.56. The van der Waals surface area contributed by atoms with Crippen molar-refractivity contribution in [2.75, 3.05) is 25.0 Å². The van der Waals surface area contributed by atoms with E-state index in [1.54, 1.807) is 4.90 Å². The summed E-state index contributed by atoms with van der Waals surface area (Å²) in [6.07, 6.45) is 0.766. The van der Waals surface area contributed by atoms with Crippen molar-refractivity contribution in [3.63, 3.8) is 0 Å². The van der Waals surface area contributed by atoms with Gasteiger partial charge in [0.1, 0.15) is 0 Å². The van der Waals surface area contributed by atoms with E-state index in [-0.39, 0.29) is 12.6 Å². The molecule has 0 atom stereocenters.